The fourth-order valence-electron chi connectivity index (χ4n) is 3.07. The molecule has 8 heteroatoms. The first-order valence-corrected chi connectivity index (χ1v) is 8.75. The molecule has 1 aromatic carbocycles. The topological polar surface area (TPSA) is 75.7 Å². The number of hydrogen-bond donors (Lipinski definition) is 1. The molecule has 1 heterocycles. The molecule has 1 aliphatic heterocycles. The number of ether oxygens (including phenoxy) is 1. The summed E-state index contributed by atoms with van der Waals surface area (Å²) in [5.74, 6) is -0.0835. The van der Waals surface area contributed by atoms with Crippen LogP contribution in [0.1, 0.15) is 12.8 Å². The molecule has 0 bridgehead atoms. The van der Waals surface area contributed by atoms with Gasteiger partial charge in [0.05, 0.1) is 12.1 Å². The average Bonchev–Trinajstić information content (AvgIpc) is 3.21. The van der Waals surface area contributed by atoms with Crippen molar-refractivity contribution >= 4 is 33.2 Å². The van der Waals surface area contributed by atoms with Gasteiger partial charge in [-0.15, -0.1) is 0 Å². The van der Waals surface area contributed by atoms with Gasteiger partial charge in [0.25, 0.3) is 0 Å². The Kier molecular flexibility index (Phi) is 3.62. The Hall–Kier alpha value is -1.31. The Labute approximate surface area is 134 Å². The van der Waals surface area contributed by atoms with Crippen LogP contribution in [0.5, 0.6) is 5.75 Å². The van der Waals surface area contributed by atoms with E-state index >= 15 is 0 Å². The lowest BCUT2D eigenvalue weighted by Gasteiger charge is -2.28. The van der Waals surface area contributed by atoms with E-state index in [-0.39, 0.29) is 5.92 Å². The largest absolute Gasteiger partial charge is 0.495 e. The first kappa shape index (κ1) is 15.6. The van der Waals surface area contributed by atoms with Crippen molar-refractivity contribution in [2.45, 2.75) is 17.6 Å². The fraction of sp³-hybridized carbons (Fsp3) is 0.500. The first-order valence-electron chi connectivity index (χ1n) is 6.94. The van der Waals surface area contributed by atoms with Crippen LogP contribution in [0.15, 0.2) is 18.2 Å². The highest BCUT2D eigenvalue weighted by molar-refractivity contribution is 7.91. The van der Waals surface area contributed by atoms with Crippen LogP contribution < -0.4 is 10.1 Å². The zero-order valence-electron chi connectivity index (χ0n) is 12.3. The summed E-state index contributed by atoms with van der Waals surface area (Å²) in [5.41, 5.74) is 0.458. The number of carbonyl (C=O) groups is 1. The Balaban J connectivity index is 1.85. The summed E-state index contributed by atoms with van der Waals surface area (Å²) in [6.45, 7) is 0.469. The predicted octanol–water partition coefficient (Wildman–Crippen LogP) is 1.71. The zero-order chi connectivity index (χ0) is 16.1. The van der Waals surface area contributed by atoms with E-state index < -0.39 is 20.7 Å². The average molecular weight is 345 g/mol. The summed E-state index contributed by atoms with van der Waals surface area (Å²) in [4.78, 5) is 12.6. The van der Waals surface area contributed by atoms with Crippen LogP contribution in [0.4, 0.5) is 5.69 Å². The molecule has 6 nitrogen and oxygen atoms in total. The van der Waals surface area contributed by atoms with Crippen LogP contribution in [-0.2, 0) is 14.8 Å². The van der Waals surface area contributed by atoms with Crippen molar-refractivity contribution in [3.8, 4) is 5.75 Å². The van der Waals surface area contributed by atoms with E-state index in [1.54, 1.807) is 18.2 Å². The molecule has 3 rings (SSSR count). The van der Waals surface area contributed by atoms with Crippen LogP contribution in [-0.4, -0.2) is 44.1 Å². The highest BCUT2D eigenvalue weighted by atomic mass is 35.5. The summed E-state index contributed by atoms with van der Waals surface area (Å²) in [5, 5.41) is 3.03. The van der Waals surface area contributed by atoms with Gasteiger partial charge in [-0.05, 0) is 37.0 Å². The summed E-state index contributed by atoms with van der Waals surface area (Å²) in [6, 6.07) is 4.81. The van der Waals surface area contributed by atoms with Crippen molar-refractivity contribution in [1.29, 1.82) is 0 Å². The molecule has 1 saturated heterocycles. The van der Waals surface area contributed by atoms with Gasteiger partial charge in [-0.1, -0.05) is 11.6 Å². The number of anilines is 1. The molecule has 22 heavy (non-hydrogen) atoms. The fourth-order valence-corrected chi connectivity index (χ4v) is 5.47. The lowest BCUT2D eigenvalue weighted by atomic mass is 10.2. The lowest BCUT2D eigenvalue weighted by molar-refractivity contribution is -0.117. The molecule has 0 radical (unpaired) electrons. The molecule has 1 N–H and O–H groups in total. The predicted molar refractivity (Wildman–Crippen MR) is 83.6 cm³/mol. The third-order valence-corrected chi connectivity index (χ3v) is 7.41. The summed E-state index contributed by atoms with van der Waals surface area (Å²) < 4.78 is 30.0. The van der Waals surface area contributed by atoms with Crippen molar-refractivity contribution in [2.24, 2.45) is 5.92 Å². The number of hydrogen-bond acceptors (Lipinski definition) is 4. The second kappa shape index (κ2) is 5.11. The number of nitrogens with zero attached hydrogens (tertiary/aromatic N) is 1. The molecule has 1 aliphatic carbocycles. The van der Waals surface area contributed by atoms with Crippen LogP contribution in [0.2, 0.25) is 5.02 Å². The normalized spacial score (nSPS) is 29.5. The monoisotopic (exact) mass is 344 g/mol. The number of benzene rings is 1. The van der Waals surface area contributed by atoms with Gasteiger partial charge < -0.3 is 10.1 Å². The smallest absolute Gasteiger partial charge is 0.247 e. The minimum absolute atomic E-state index is 0.0950. The van der Waals surface area contributed by atoms with E-state index in [1.165, 1.54) is 18.5 Å². The van der Waals surface area contributed by atoms with Crippen LogP contribution in [0.3, 0.4) is 0 Å². The summed E-state index contributed by atoms with van der Waals surface area (Å²) in [6.07, 6.45) is 1.10. The molecule has 2 atom stereocenters. The van der Waals surface area contributed by atoms with Crippen molar-refractivity contribution in [1.82, 2.24) is 4.31 Å². The number of carbonyl (C=O) groups excluding carboxylic acids is 1. The highest BCUT2D eigenvalue weighted by Crippen LogP contribution is 2.56. The van der Waals surface area contributed by atoms with Gasteiger partial charge in [0, 0.05) is 19.3 Å². The second-order valence-electron chi connectivity index (χ2n) is 5.71. The zero-order valence-corrected chi connectivity index (χ0v) is 13.9. The Bertz CT molecular complexity index is 736. The third kappa shape index (κ3) is 2.11. The molecular formula is C14H17ClN2O4S. The Morgan fingerprint density at radius 1 is 1.50 bits per heavy atom. The molecule has 2 aliphatic rings. The maximum atomic E-state index is 12.6. The molecule has 120 valence electrons. The van der Waals surface area contributed by atoms with Gasteiger partial charge in [-0.2, -0.15) is 0 Å². The quantitative estimate of drug-likeness (QED) is 0.905. The van der Waals surface area contributed by atoms with Gasteiger partial charge >= 0.3 is 0 Å². The van der Waals surface area contributed by atoms with Gasteiger partial charge in [0.2, 0.25) is 15.9 Å². The second-order valence-corrected chi connectivity index (χ2v) is 8.42. The van der Waals surface area contributed by atoms with Gasteiger partial charge in [0.15, 0.2) is 4.75 Å². The maximum Gasteiger partial charge on any atom is 0.247 e. The van der Waals surface area contributed by atoms with Crippen molar-refractivity contribution < 1.29 is 17.9 Å². The SMILES string of the molecule is COc1ccc(NC(=O)[C@@]23C[C@H]2CCN(C)S3(=O)=O)cc1Cl. The van der Waals surface area contributed by atoms with E-state index in [1.807, 2.05) is 0 Å². The number of methoxy groups -OCH3 is 1. The number of halogens is 1. The molecule has 2 fully saturated rings. The van der Waals surface area contributed by atoms with E-state index in [4.69, 9.17) is 16.3 Å². The molecular weight excluding hydrogens is 328 g/mol. The standard InChI is InChI=1S/C14H17ClN2O4S/c1-17-6-5-9-8-14(9,22(17,19)20)13(18)16-10-3-4-12(21-2)11(15)7-10/h3-4,7,9H,5-6,8H2,1-2H3,(H,16,18)/t9-,14-/m1/s1. The van der Waals surface area contributed by atoms with E-state index in [0.29, 0.717) is 35.8 Å². The third-order valence-electron chi connectivity index (χ3n) is 4.51. The first-order chi connectivity index (χ1) is 10.3. The van der Waals surface area contributed by atoms with Crippen molar-refractivity contribution in [3.05, 3.63) is 23.2 Å². The molecule has 1 amide bonds. The van der Waals surface area contributed by atoms with E-state index in [0.717, 1.165) is 0 Å². The minimum atomic E-state index is -3.61. The highest BCUT2D eigenvalue weighted by Gasteiger charge is 2.71. The number of nitrogens with one attached hydrogen (secondary N) is 1. The number of amides is 1. The minimum Gasteiger partial charge on any atom is -0.495 e. The molecule has 1 saturated carbocycles. The molecule has 1 aromatic rings. The van der Waals surface area contributed by atoms with Crippen LogP contribution in [0, 0.1) is 5.92 Å². The molecule has 0 spiro atoms. The Morgan fingerprint density at radius 2 is 2.23 bits per heavy atom. The number of fused-ring (bicyclic) bond motifs is 1. The Morgan fingerprint density at radius 3 is 2.86 bits per heavy atom. The van der Waals surface area contributed by atoms with E-state index in [9.17, 15) is 13.2 Å². The van der Waals surface area contributed by atoms with E-state index in [2.05, 4.69) is 5.32 Å². The van der Waals surface area contributed by atoms with Gasteiger partial charge in [0.1, 0.15) is 5.75 Å². The van der Waals surface area contributed by atoms with Crippen molar-refractivity contribution in [2.75, 3.05) is 26.0 Å². The molecule has 0 aromatic heterocycles. The maximum absolute atomic E-state index is 12.6. The summed E-state index contributed by atoms with van der Waals surface area (Å²) >= 11 is 6.02. The summed E-state index contributed by atoms with van der Waals surface area (Å²) in [7, 11) is -0.592. The van der Waals surface area contributed by atoms with Gasteiger partial charge in [-0.25, -0.2) is 12.7 Å². The number of rotatable bonds is 3. The van der Waals surface area contributed by atoms with Crippen LogP contribution in [0.25, 0.3) is 0 Å². The number of sulfonamides is 1. The molecule has 0 unspecified atom stereocenters. The van der Waals surface area contributed by atoms with Gasteiger partial charge in [-0.3, -0.25) is 4.79 Å². The van der Waals surface area contributed by atoms with Crippen LogP contribution >= 0.6 is 11.6 Å². The lowest BCUT2D eigenvalue weighted by Crippen LogP contribution is -2.50. The van der Waals surface area contributed by atoms with Crippen molar-refractivity contribution in [3.63, 3.8) is 0 Å².